The van der Waals surface area contributed by atoms with Gasteiger partial charge in [-0.05, 0) is 17.7 Å². The molecule has 10 heavy (non-hydrogen) atoms. The summed E-state index contributed by atoms with van der Waals surface area (Å²) in [6.45, 7) is 0. The van der Waals surface area contributed by atoms with Gasteiger partial charge in [0.15, 0.2) is 0 Å². The second kappa shape index (κ2) is 3.99. The van der Waals surface area contributed by atoms with Gasteiger partial charge in [0.2, 0.25) is 0 Å². The molecule has 0 aliphatic heterocycles. The molecule has 1 rings (SSSR count). The average molecular weight is 219 g/mol. The fraction of sp³-hybridized carbons (Fsp3) is 0.125. The summed E-state index contributed by atoms with van der Waals surface area (Å²) < 4.78 is 0. The van der Waals surface area contributed by atoms with Crippen molar-refractivity contribution in [1.29, 1.82) is 0 Å². The Labute approximate surface area is 74.3 Å². The molecule has 0 saturated heterocycles. The molecule has 0 bridgehead atoms. The minimum Gasteiger partial charge on any atom is -0.0921 e. The molecule has 53 valence electrons. The van der Waals surface area contributed by atoms with E-state index in [2.05, 4.69) is 22.4 Å². The van der Waals surface area contributed by atoms with E-state index in [0.717, 1.165) is 15.9 Å². The molecule has 2 heteroatoms. The van der Waals surface area contributed by atoms with Crippen LogP contribution in [-0.2, 0) is 0 Å². The summed E-state index contributed by atoms with van der Waals surface area (Å²) >= 11 is 9.06. The highest BCUT2D eigenvalue weighted by atomic mass is 79.9. The first-order chi connectivity index (χ1) is 4.83. The van der Waals surface area contributed by atoms with Gasteiger partial charge in [0.25, 0.3) is 0 Å². The maximum absolute atomic E-state index is 5.75. The second-order valence-corrected chi connectivity index (χ2v) is 3.00. The van der Waals surface area contributed by atoms with Crippen LogP contribution in [0.1, 0.15) is 5.56 Å². The third-order valence-electron chi connectivity index (χ3n) is 1.16. The number of benzene rings is 1. The fourth-order valence-corrected chi connectivity index (χ4v) is 1.30. The maximum Gasteiger partial charge on any atom is 0.0408 e. The zero-order chi connectivity index (χ0) is 7.40. The van der Waals surface area contributed by atoms with Crippen molar-refractivity contribution in [3.63, 3.8) is 0 Å². The Kier molecular flexibility index (Phi) is 3.23. The second-order valence-electron chi connectivity index (χ2n) is 1.91. The van der Waals surface area contributed by atoms with E-state index in [9.17, 15) is 0 Å². The molecule has 0 amide bonds. The summed E-state index contributed by atoms with van der Waals surface area (Å²) in [5, 5.41) is 1.66. The van der Waals surface area contributed by atoms with E-state index < -0.39 is 0 Å². The molecule has 0 N–H and O–H groups in total. The molecular formula is C8H7BrCl. The summed E-state index contributed by atoms with van der Waals surface area (Å²) in [6, 6.07) is 7.76. The minimum atomic E-state index is 0.787. The topological polar surface area (TPSA) is 0 Å². The molecule has 0 saturated carbocycles. The average Bonchev–Trinajstić information content (AvgIpc) is 1.88. The summed E-state index contributed by atoms with van der Waals surface area (Å²) in [6.07, 6.45) is 2.06. The van der Waals surface area contributed by atoms with Gasteiger partial charge in [0, 0.05) is 16.8 Å². The predicted octanol–water partition coefficient (Wildman–Crippen LogP) is 3.29. The van der Waals surface area contributed by atoms with Crippen LogP contribution in [0.25, 0.3) is 0 Å². The molecule has 1 radical (unpaired) electrons. The Bertz CT molecular complexity index is 210. The lowest BCUT2D eigenvalue weighted by molar-refractivity contribution is 1.45. The van der Waals surface area contributed by atoms with Crippen molar-refractivity contribution in [2.45, 2.75) is 0 Å². The first-order valence-corrected chi connectivity index (χ1v) is 4.47. The van der Waals surface area contributed by atoms with Crippen LogP contribution in [0.2, 0.25) is 5.02 Å². The summed E-state index contributed by atoms with van der Waals surface area (Å²) in [5.41, 5.74) is 1.16. The van der Waals surface area contributed by atoms with E-state index in [1.54, 1.807) is 0 Å². The molecule has 0 unspecified atom stereocenters. The summed E-state index contributed by atoms with van der Waals surface area (Å²) in [7, 11) is 0. The zero-order valence-electron chi connectivity index (χ0n) is 5.35. The lowest BCUT2D eigenvalue weighted by Crippen LogP contribution is -1.80. The normalized spacial score (nSPS) is 9.80. The van der Waals surface area contributed by atoms with Crippen molar-refractivity contribution in [2.75, 3.05) is 5.33 Å². The lowest BCUT2D eigenvalue weighted by atomic mass is 10.2. The maximum atomic E-state index is 5.75. The standard InChI is InChI=1S/C8H7BrCl/c9-5-4-7-2-1-3-8(10)6-7/h1-4,6H,5H2. The molecule has 1 aromatic carbocycles. The number of halogens is 2. The Morgan fingerprint density at radius 2 is 2.30 bits per heavy atom. The molecule has 0 heterocycles. The number of rotatable bonds is 2. The molecular weight excluding hydrogens is 211 g/mol. The molecule has 0 atom stereocenters. The Morgan fingerprint density at radius 1 is 1.50 bits per heavy atom. The van der Waals surface area contributed by atoms with Gasteiger partial charge >= 0.3 is 0 Å². The Balaban J connectivity index is 2.75. The van der Waals surface area contributed by atoms with Crippen molar-refractivity contribution in [2.24, 2.45) is 0 Å². The lowest BCUT2D eigenvalue weighted by Gasteiger charge is -1.95. The van der Waals surface area contributed by atoms with Gasteiger partial charge in [-0.15, -0.1) is 0 Å². The summed E-state index contributed by atoms with van der Waals surface area (Å²) in [4.78, 5) is 0. The van der Waals surface area contributed by atoms with Gasteiger partial charge < -0.3 is 0 Å². The van der Waals surface area contributed by atoms with Gasteiger partial charge in [-0.25, -0.2) is 0 Å². The molecule has 1 aromatic rings. The highest BCUT2D eigenvalue weighted by molar-refractivity contribution is 9.09. The zero-order valence-corrected chi connectivity index (χ0v) is 7.69. The van der Waals surface area contributed by atoms with Gasteiger partial charge in [0.05, 0.1) is 0 Å². The van der Waals surface area contributed by atoms with Gasteiger partial charge in [-0.2, -0.15) is 0 Å². The Hall–Kier alpha value is -0.0100. The Morgan fingerprint density at radius 3 is 2.90 bits per heavy atom. The van der Waals surface area contributed by atoms with Crippen LogP contribution in [0.5, 0.6) is 0 Å². The predicted molar refractivity (Wildman–Crippen MR) is 48.6 cm³/mol. The first kappa shape index (κ1) is 8.09. The van der Waals surface area contributed by atoms with Gasteiger partial charge in [0.1, 0.15) is 0 Å². The molecule has 0 aliphatic rings. The largest absolute Gasteiger partial charge is 0.0921 e. The van der Waals surface area contributed by atoms with Crippen LogP contribution in [0.4, 0.5) is 0 Å². The van der Waals surface area contributed by atoms with Crippen LogP contribution >= 0.6 is 27.5 Å². The van der Waals surface area contributed by atoms with Crippen LogP contribution in [0, 0.1) is 6.42 Å². The molecule has 0 aromatic heterocycles. The van der Waals surface area contributed by atoms with E-state index in [0.29, 0.717) is 0 Å². The van der Waals surface area contributed by atoms with Gasteiger partial charge in [-0.1, -0.05) is 39.7 Å². The van der Waals surface area contributed by atoms with E-state index in [-0.39, 0.29) is 0 Å². The van der Waals surface area contributed by atoms with Crippen LogP contribution in [-0.4, -0.2) is 5.33 Å². The highest BCUT2D eigenvalue weighted by Gasteiger charge is 1.91. The molecule has 0 nitrogen and oxygen atoms in total. The van der Waals surface area contributed by atoms with Crippen LogP contribution < -0.4 is 0 Å². The van der Waals surface area contributed by atoms with Crippen LogP contribution in [0.15, 0.2) is 24.3 Å². The van der Waals surface area contributed by atoms with Crippen LogP contribution in [0.3, 0.4) is 0 Å². The number of alkyl halides is 1. The van der Waals surface area contributed by atoms with Crippen molar-refractivity contribution in [3.05, 3.63) is 41.3 Å². The smallest absolute Gasteiger partial charge is 0.0408 e. The van der Waals surface area contributed by atoms with Crippen molar-refractivity contribution in [1.82, 2.24) is 0 Å². The van der Waals surface area contributed by atoms with Crippen molar-refractivity contribution in [3.8, 4) is 0 Å². The van der Waals surface area contributed by atoms with E-state index in [1.165, 1.54) is 0 Å². The molecule has 0 aliphatic carbocycles. The number of hydrogen-bond donors (Lipinski definition) is 0. The van der Waals surface area contributed by atoms with E-state index >= 15 is 0 Å². The van der Waals surface area contributed by atoms with Crippen molar-refractivity contribution < 1.29 is 0 Å². The molecule has 0 spiro atoms. The van der Waals surface area contributed by atoms with Gasteiger partial charge in [-0.3, -0.25) is 0 Å². The first-order valence-electron chi connectivity index (χ1n) is 2.97. The quantitative estimate of drug-likeness (QED) is 0.668. The number of hydrogen-bond acceptors (Lipinski definition) is 0. The van der Waals surface area contributed by atoms with Crippen molar-refractivity contribution >= 4 is 27.5 Å². The highest BCUT2D eigenvalue weighted by Crippen LogP contribution is 2.12. The molecule has 0 fully saturated rings. The monoisotopic (exact) mass is 217 g/mol. The third kappa shape index (κ3) is 2.31. The minimum absolute atomic E-state index is 0.787. The SMILES string of the molecule is Clc1cccc([CH]CBr)c1. The summed E-state index contributed by atoms with van der Waals surface area (Å²) in [5.74, 6) is 0. The van der Waals surface area contributed by atoms with E-state index in [1.807, 2.05) is 24.3 Å². The fourth-order valence-electron chi connectivity index (χ4n) is 0.723. The third-order valence-corrected chi connectivity index (χ3v) is 1.72. The van der Waals surface area contributed by atoms with E-state index in [4.69, 9.17) is 11.6 Å².